The van der Waals surface area contributed by atoms with Crippen LogP contribution in [0.4, 0.5) is 0 Å². The summed E-state index contributed by atoms with van der Waals surface area (Å²) in [5.41, 5.74) is 1.26. The van der Waals surface area contributed by atoms with Crippen LogP contribution >= 0.6 is 0 Å². The van der Waals surface area contributed by atoms with Crippen LogP contribution in [0.15, 0.2) is 24.3 Å². The number of nitrogens with one attached hydrogen (secondary N) is 1. The van der Waals surface area contributed by atoms with Gasteiger partial charge in [-0.25, -0.2) is 0 Å². The van der Waals surface area contributed by atoms with Crippen LogP contribution in [0.1, 0.15) is 37.7 Å². The standard InChI is InChI=1S/C15H23NO/c1-17-15-10-6-5-9-14(15)12-16-11-13-7-3-2-4-8-13/h5-6,9-10,13,16H,2-4,7-8,11-12H2,1H3. The second-order valence-electron chi connectivity index (χ2n) is 4.95. The van der Waals surface area contributed by atoms with Crippen LogP contribution in [-0.2, 0) is 6.54 Å². The number of methoxy groups -OCH3 is 1. The molecule has 1 fully saturated rings. The first-order valence-electron chi connectivity index (χ1n) is 6.73. The molecule has 0 spiro atoms. The Labute approximate surface area is 104 Å². The van der Waals surface area contributed by atoms with Crippen molar-refractivity contribution >= 4 is 0 Å². The summed E-state index contributed by atoms with van der Waals surface area (Å²) in [4.78, 5) is 0. The Hall–Kier alpha value is -1.02. The minimum Gasteiger partial charge on any atom is -0.496 e. The highest BCUT2D eigenvalue weighted by Gasteiger charge is 2.12. The molecule has 1 N–H and O–H groups in total. The smallest absolute Gasteiger partial charge is 0.123 e. The van der Waals surface area contributed by atoms with Gasteiger partial charge in [0.15, 0.2) is 0 Å². The zero-order chi connectivity index (χ0) is 11.9. The molecule has 0 atom stereocenters. The molecule has 1 aromatic carbocycles. The lowest BCUT2D eigenvalue weighted by atomic mass is 9.89. The minimum absolute atomic E-state index is 0.887. The predicted octanol–water partition coefficient (Wildman–Crippen LogP) is 3.37. The largest absolute Gasteiger partial charge is 0.496 e. The lowest BCUT2D eigenvalue weighted by Crippen LogP contribution is -2.24. The highest BCUT2D eigenvalue weighted by molar-refractivity contribution is 5.32. The van der Waals surface area contributed by atoms with Crippen molar-refractivity contribution < 1.29 is 4.74 Å². The van der Waals surface area contributed by atoms with Crippen molar-refractivity contribution in [3.05, 3.63) is 29.8 Å². The number of para-hydroxylation sites is 1. The molecule has 2 heteroatoms. The summed E-state index contributed by atoms with van der Waals surface area (Å²) in [6, 6.07) is 8.24. The average molecular weight is 233 g/mol. The first-order chi connectivity index (χ1) is 8.40. The van der Waals surface area contributed by atoms with Crippen LogP contribution in [-0.4, -0.2) is 13.7 Å². The molecule has 1 aliphatic rings. The Morgan fingerprint density at radius 3 is 2.71 bits per heavy atom. The van der Waals surface area contributed by atoms with E-state index < -0.39 is 0 Å². The van der Waals surface area contributed by atoms with E-state index in [1.165, 1.54) is 37.7 Å². The lowest BCUT2D eigenvalue weighted by Gasteiger charge is -2.22. The second-order valence-corrected chi connectivity index (χ2v) is 4.95. The molecule has 0 heterocycles. The number of benzene rings is 1. The van der Waals surface area contributed by atoms with E-state index in [0.29, 0.717) is 0 Å². The Balaban J connectivity index is 1.77. The van der Waals surface area contributed by atoms with Gasteiger partial charge in [-0.2, -0.15) is 0 Å². The maximum Gasteiger partial charge on any atom is 0.123 e. The zero-order valence-corrected chi connectivity index (χ0v) is 10.7. The fourth-order valence-electron chi connectivity index (χ4n) is 2.65. The van der Waals surface area contributed by atoms with Gasteiger partial charge in [-0.05, 0) is 31.4 Å². The molecule has 0 unspecified atom stereocenters. The quantitative estimate of drug-likeness (QED) is 0.842. The van der Waals surface area contributed by atoms with Gasteiger partial charge >= 0.3 is 0 Å². The maximum atomic E-state index is 5.35. The van der Waals surface area contributed by atoms with Crippen LogP contribution in [0.25, 0.3) is 0 Å². The molecule has 1 aromatic rings. The fraction of sp³-hybridized carbons (Fsp3) is 0.600. The van der Waals surface area contributed by atoms with Gasteiger partial charge in [0.05, 0.1) is 7.11 Å². The van der Waals surface area contributed by atoms with Crippen LogP contribution < -0.4 is 10.1 Å². The minimum atomic E-state index is 0.887. The van der Waals surface area contributed by atoms with Crippen LogP contribution in [0, 0.1) is 5.92 Å². The summed E-state index contributed by atoms with van der Waals surface area (Å²) in [5, 5.41) is 3.57. The molecule has 1 saturated carbocycles. The second kappa shape index (κ2) is 6.65. The van der Waals surface area contributed by atoms with E-state index in [4.69, 9.17) is 4.74 Å². The molecular formula is C15H23NO. The SMILES string of the molecule is COc1ccccc1CNCC1CCCCC1. The third kappa shape index (κ3) is 3.74. The number of ether oxygens (including phenoxy) is 1. The molecule has 0 amide bonds. The van der Waals surface area contributed by atoms with Crippen molar-refractivity contribution in [2.45, 2.75) is 38.6 Å². The summed E-state index contributed by atoms with van der Waals surface area (Å²) >= 11 is 0. The Morgan fingerprint density at radius 1 is 1.18 bits per heavy atom. The highest BCUT2D eigenvalue weighted by atomic mass is 16.5. The van der Waals surface area contributed by atoms with Gasteiger partial charge < -0.3 is 10.1 Å². The van der Waals surface area contributed by atoms with Crippen molar-refractivity contribution in [3.8, 4) is 5.75 Å². The third-order valence-corrected chi connectivity index (χ3v) is 3.67. The molecule has 0 aromatic heterocycles. The van der Waals surface area contributed by atoms with Crippen molar-refractivity contribution in [3.63, 3.8) is 0 Å². The van der Waals surface area contributed by atoms with Gasteiger partial charge in [0.25, 0.3) is 0 Å². The van der Waals surface area contributed by atoms with E-state index in [-0.39, 0.29) is 0 Å². The van der Waals surface area contributed by atoms with Gasteiger partial charge in [-0.3, -0.25) is 0 Å². The third-order valence-electron chi connectivity index (χ3n) is 3.67. The molecule has 0 radical (unpaired) electrons. The molecule has 0 bridgehead atoms. The Kier molecular flexibility index (Phi) is 4.87. The maximum absolute atomic E-state index is 5.35. The van der Waals surface area contributed by atoms with Gasteiger partial charge in [0, 0.05) is 12.1 Å². The topological polar surface area (TPSA) is 21.3 Å². The highest BCUT2D eigenvalue weighted by Crippen LogP contribution is 2.23. The van der Waals surface area contributed by atoms with Crippen molar-refractivity contribution in [2.24, 2.45) is 5.92 Å². The van der Waals surface area contributed by atoms with Gasteiger partial charge in [-0.1, -0.05) is 37.5 Å². The van der Waals surface area contributed by atoms with Crippen molar-refractivity contribution in [2.75, 3.05) is 13.7 Å². The van der Waals surface area contributed by atoms with E-state index in [1.807, 2.05) is 12.1 Å². The molecule has 2 nitrogen and oxygen atoms in total. The van der Waals surface area contributed by atoms with Crippen LogP contribution in [0.5, 0.6) is 5.75 Å². The molecular weight excluding hydrogens is 210 g/mol. The number of hydrogen-bond acceptors (Lipinski definition) is 2. The van der Waals surface area contributed by atoms with E-state index >= 15 is 0 Å². The van der Waals surface area contributed by atoms with Gasteiger partial charge in [0.1, 0.15) is 5.75 Å². The van der Waals surface area contributed by atoms with Crippen molar-refractivity contribution in [1.82, 2.24) is 5.32 Å². The Morgan fingerprint density at radius 2 is 1.94 bits per heavy atom. The predicted molar refractivity (Wildman–Crippen MR) is 71.3 cm³/mol. The monoisotopic (exact) mass is 233 g/mol. The number of hydrogen-bond donors (Lipinski definition) is 1. The molecule has 2 rings (SSSR count). The van der Waals surface area contributed by atoms with E-state index in [9.17, 15) is 0 Å². The van der Waals surface area contributed by atoms with Gasteiger partial charge in [-0.15, -0.1) is 0 Å². The fourth-order valence-corrected chi connectivity index (χ4v) is 2.65. The van der Waals surface area contributed by atoms with Gasteiger partial charge in [0.2, 0.25) is 0 Å². The van der Waals surface area contributed by atoms with Crippen molar-refractivity contribution in [1.29, 1.82) is 0 Å². The molecule has 17 heavy (non-hydrogen) atoms. The summed E-state index contributed by atoms with van der Waals surface area (Å²) in [6.45, 7) is 2.07. The Bertz CT molecular complexity index is 331. The average Bonchev–Trinajstić information content (AvgIpc) is 2.40. The molecule has 1 aliphatic carbocycles. The normalized spacial score (nSPS) is 17.0. The summed E-state index contributed by atoms with van der Waals surface area (Å²) in [6.07, 6.45) is 7.07. The zero-order valence-electron chi connectivity index (χ0n) is 10.7. The molecule has 0 saturated heterocycles. The summed E-state index contributed by atoms with van der Waals surface area (Å²) in [5.74, 6) is 1.88. The number of rotatable bonds is 5. The van der Waals surface area contributed by atoms with Crippen LogP contribution in [0.3, 0.4) is 0 Å². The molecule has 0 aliphatic heterocycles. The van der Waals surface area contributed by atoms with E-state index in [0.717, 1.165) is 24.8 Å². The lowest BCUT2D eigenvalue weighted by molar-refractivity contribution is 0.340. The van der Waals surface area contributed by atoms with E-state index in [2.05, 4.69) is 17.4 Å². The summed E-state index contributed by atoms with van der Waals surface area (Å²) in [7, 11) is 1.74. The first-order valence-corrected chi connectivity index (χ1v) is 6.73. The first kappa shape index (κ1) is 12.4. The summed E-state index contributed by atoms with van der Waals surface area (Å²) < 4.78 is 5.35. The van der Waals surface area contributed by atoms with Crippen LogP contribution in [0.2, 0.25) is 0 Å². The molecule has 94 valence electrons. The van der Waals surface area contributed by atoms with E-state index in [1.54, 1.807) is 7.11 Å².